The number of nitro benzene ring substituents is 1. The first-order valence-electron chi connectivity index (χ1n) is 4.51. The highest BCUT2D eigenvalue weighted by Crippen LogP contribution is 2.28. The highest BCUT2D eigenvalue weighted by atomic mass is 35.7. The number of nitro groups is 1. The van der Waals surface area contributed by atoms with Crippen molar-refractivity contribution in [1.82, 2.24) is 0 Å². The van der Waals surface area contributed by atoms with Gasteiger partial charge in [-0.25, -0.2) is 8.42 Å². The van der Waals surface area contributed by atoms with Crippen LogP contribution in [-0.4, -0.2) is 13.3 Å². The molecule has 0 aliphatic carbocycles. The van der Waals surface area contributed by atoms with Gasteiger partial charge in [0.15, 0.2) is 0 Å². The molecule has 0 heterocycles. The number of non-ortho nitro benzene ring substituents is 1. The van der Waals surface area contributed by atoms with Gasteiger partial charge in [0, 0.05) is 16.7 Å². The third kappa shape index (κ3) is 2.22. The lowest BCUT2D eigenvalue weighted by Crippen LogP contribution is -1.92. The maximum atomic E-state index is 11.1. The van der Waals surface area contributed by atoms with Crippen LogP contribution in [0.4, 0.5) is 5.69 Å². The molecule has 0 unspecified atom stereocenters. The Labute approximate surface area is 101 Å². The summed E-state index contributed by atoms with van der Waals surface area (Å²) in [6, 6.07) is 8.38. The second kappa shape index (κ2) is 3.97. The van der Waals surface area contributed by atoms with Crippen LogP contribution in [-0.2, 0) is 9.05 Å². The van der Waals surface area contributed by atoms with Crippen molar-refractivity contribution in [1.29, 1.82) is 0 Å². The fourth-order valence-electron chi connectivity index (χ4n) is 1.56. The molecular formula is C10H6ClNO4S. The van der Waals surface area contributed by atoms with Gasteiger partial charge >= 0.3 is 0 Å². The number of fused-ring (bicyclic) bond motifs is 1. The van der Waals surface area contributed by atoms with E-state index in [1.807, 2.05) is 0 Å². The van der Waals surface area contributed by atoms with Crippen LogP contribution in [0.2, 0.25) is 0 Å². The number of nitrogens with zero attached hydrogens (tertiary/aromatic N) is 1. The van der Waals surface area contributed by atoms with Gasteiger partial charge < -0.3 is 0 Å². The molecule has 0 radical (unpaired) electrons. The van der Waals surface area contributed by atoms with E-state index in [9.17, 15) is 18.5 Å². The molecule has 5 nitrogen and oxygen atoms in total. The zero-order valence-corrected chi connectivity index (χ0v) is 9.90. The molecular weight excluding hydrogens is 266 g/mol. The summed E-state index contributed by atoms with van der Waals surface area (Å²) in [7, 11) is 1.37. The molecule has 0 saturated carbocycles. The van der Waals surface area contributed by atoms with E-state index >= 15 is 0 Å². The molecule has 0 bridgehead atoms. The summed E-state index contributed by atoms with van der Waals surface area (Å²) in [5.41, 5.74) is -0.0685. The summed E-state index contributed by atoms with van der Waals surface area (Å²) in [4.78, 5) is 10.2. The van der Waals surface area contributed by atoms with Crippen molar-refractivity contribution in [2.45, 2.75) is 4.90 Å². The second-order valence-corrected chi connectivity index (χ2v) is 5.92. The summed E-state index contributed by atoms with van der Waals surface area (Å²) in [5, 5.41) is 11.6. The Hall–Kier alpha value is -1.66. The fourth-order valence-corrected chi connectivity index (χ4v) is 2.34. The molecule has 0 aliphatic heterocycles. The number of halogens is 1. The Morgan fingerprint density at radius 3 is 2.47 bits per heavy atom. The minimum absolute atomic E-state index is 0.0685. The zero-order valence-electron chi connectivity index (χ0n) is 8.33. The maximum absolute atomic E-state index is 11.1. The van der Waals surface area contributed by atoms with Gasteiger partial charge in [-0.3, -0.25) is 10.1 Å². The van der Waals surface area contributed by atoms with Crippen molar-refractivity contribution in [3.63, 3.8) is 0 Å². The molecule has 0 aromatic heterocycles. The summed E-state index contributed by atoms with van der Waals surface area (Å²) in [5.74, 6) is 0. The molecule has 0 atom stereocenters. The standard InChI is InChI=1S/C10H6ClNO4S/c11-17(15,16)8-4-5-9-7(6-8)2-1-3-10(9)12(13)14/h1-6H. The summed E-state index contributed by atoms with van der Waals surface area (Å²) >= 11 is 0. The van der Waals surface area contributed by atoms with Crippen LogP contribution in [0.3, 0.4) is 0 Å². The SMILES string of the molecule is O=[N+]([O-])c1cccc2cc(S(=O)(=O)Cl)ccc12. The van der Waals surface area contributed by atoms with E-state index in [0.29, 0.717) is 10.8 Å². The van der Waals surface area contributed by atoms with Crippen LogP contribution in [0.5, 0.6) is 0 Å². The van der Waals surface area contributed by atoms with E-state index in [4.69, 9.17) is 10.7 Å². The molecule has 0 N–H and O–H groups in total. The van der Waals surface area contributed by atoms with Crippen molar-refractivity contribution < 1.29 is 13.3 Å². The van der Waals surface area contributed by atoms with E-state index in [-0.39, 0.29) is 10.6 Å². The van der Waals surface area contributed by atoms with Gasteiger partial charge in [0.2, 0.25) is 0 Å². The first-order valence-corrected chi connectivity index (χ1v) is 6.82. The highest BCUT2D eigenvalue weighted by molar-refractivity contribution is 8.13. The van der Waals surface area contributed by atoms with Crippen LogP contribution < -0.4 is 0 Å². The second-order valence-electron chi connectivity index (χ2n) is 3.36. The predicted molar refractivity (Wildman–Crippen MR) is 63.6 cm³/mol. The Bertz CT molecular complexity index is 711. The summed E-state index contributed by atoms with van der Waals surface area (Å²) < 4.78 is 22.3. The molecule has 0 fully saturated rings. The van der Waals surface area contributed by atoms with Crippen molar-refractivity contribution in [3.05, 3.63) is 46.5 Å². The molecule has 17 heavy (non-hydrogen) atoms. The van der Waals surface area contributed by atoms with Crippen molar-refractivity contribution >= 4 is 36.2 Å². The van der Waals surface area contributed by atoms with Gasteiger partial charge in [-0.1, -0.05) is 12.1 Å². The van der Waals surface area contributed by atoms with E-state index in [0.717, 1.165) is 0 Å². The van der Waals surface area contributed by atoms with Gasteiger partial charge in [-0.2, -0.15) is 0 Å². The Morgan fingerprint density at radius 2 is 1.88 bits per heavy atom. The van der Waals surface area contributed by atoms with Gasteiger partial charge in [0.1, 0.15) is 0 Å². The first kappa shape index (κ1) is 11.8. The summed E-state index contributed by atoms with van der Waals surface area (Å²) in [6.45, 7) is 0. The van der Waals surface area contributed by atoms with Crippen LogP contribution in [0, 0.1) is 10.1 Å². The van der Waals surface area contributed by atoms with E-state index in [1.54, 1.807) is 6.07 Å². The number of hydrogen-bond donors (Lipinski definition) is 0. The molecule has 88 valence electrons. The molecule has 2 aromatic carbocycles. The lowest BCUT2D eigenvalue weighted by Gasteiger charge is -2.01. The van der Waals surface area contributed by atoms with Crippen molar-refractivity contribution in [2.75, 3.05) is 0 Å². The van der Waals surface area contributed by atoms with E-state index in [2.05, 4.69) is 0 Å². The average molecular weight is 272 g/mol. The molecule has 0 amide bonds. The van der Waals surface area contributed by atoms with E-state index in [1.165, 1.54) is 30.3 Å². The Balaban J connectivity index is 2.78. The summed E-state index contributed by atoms with van der Waals surface area (Å²) in [6.07, 6.45) is 0. The highest BCUT2D eigenvalue weighted by Gasteiger charge is 2.14. The van der Waals surface area contributed by atoms with Gasteiger partial charge in [-0.05, 0) is 23.6 Å². The monoisotopic (exact) mass is 271 g/mol. The van der Waals surface area contributed by atoms with Crippen LogP contribution in [0.1, 0.15) is 0 Å². The molecule has 2 aromatic rings. The molecule has 0 aliphatic rings. The quantitative estimate of drug-likeness (QED) is 0.478. The van der Waals surface area contributed by atoms with Crippen molar-refractivity contribution in [3.8, 4) is 0 Å². The molecule has 0 saturated heterocycles. The lowest BCUT2D eigenvalue weighted by molar-refractivity contribution is -0.383. The van der Waals surface area contributed by atoms with Gasteiger partial charge in [0.05, 0.1) is 15.2 Å². The van der Waals surface area contributed by atoms with Gasteiger partial charge in [0.25, 0.3) is 14.7 Å². The smallest absolute Gasteiger partial charge is 0.258 e. The fraction of sp³-hybridized carbons (Fsp3) is 0. The normalized spacial score (nSPS) is 11.6. The van der Waals surface area contributed by atoms with Crippen LogP contribution in [0.25, 0.3) is 10.8 Å². The minimum Gasteiger partial charge on any atom is -0.258 e. The van der Waals surface area contributed by atoms with Crippen LogP contribution >= 0.6 is 10.7 Å². The van der Waals surface area contributed by atoms with Gasteiger partial charge in [-0.15, -0.1) is 0 Å². The third-order valence-corrected chi connectivity index (χ3v) is 3.66. The molecule has 2 rings (SSSR count). The van der Waals surface area contributed by atoms with Crippen LogP contribution in [0.15, 0.2) is 41.3 Å². The number of hydrogen-bond acceptors (Lipinski definition) is 4. The Morgan fingerprint density at radius 1 is 1.18 bits per heavy atom. The number of rotatable bonds is 2. The van der Waals surface area contributed by atoms with Crippen molar-refractivity contribution in [2.24, 2.45) is 0 Å². The lowest BCUT2D eigenvalue weighted by atomic mass is 10.1. The molecule has 0 spiro atoms. The first-order chi connectivity index (χ1) is 7.89. The number of benzene rings is 2. The molecule has 7 heteroatoms. The average Bonchev–Trinajstić information content (AvgIpc) is 2.26. The predicted octanol–water partition coefficient (Wildman–Crippen LogP) is 2.68. The van der Waals surface area contributed by atoms with E-state index < -0.39 is 14.0 Å². The maximum Gasteiger partial charge on any atom is 0.277 e. The largest absolute Gasteiger partial charge is 0.277 e. The Kier molecular flexibility index (Phi) is 2.76. The third-order valence-electron chi connectivity index (χ3n) is 2.31. The zero-order chi connectivity index (χ0) is 12.6. The minimum atomic E-state index is -3.83. The topological polar surface area (TPSA) is 77.3 Å².